The summed E-state index contributed by atoms with van der Waals surface area (Å²) in [6.07, 6.45) is 1.18. The molecule has 7 heteroatoms. The summed E-state index contributed by atoms with van der Waals surface area (Å²) in [5.41, 5.74) is 6.86. The molecule has 0 aromatic heterocycles. The fourth-order valence-corrected chi connectivity index (χ4v) is 3.75. The predicted molar refractivity (Wildman–Crippen MR) is 113 cm³/mol. The third-order valence-corrected chi connectivity index (χ3v) is 5.22. The van der Waals surface area contributed by atoms with Crippen LogP contribution in [-0.4, -0.2) is 47.4 Å². The Balaban J connectivity index is 0.00000288. The van der Waals surface area contributed by atoms with Crippen molar-refractivity contribution in [3.63, 3.8) is 0 Å². The molecule has 0 radical (unpaired) electrons. The standard InChI is InChI=1S/C17H26N4OS.HI/c1-3-15-12-21(8-9-23-15)17(19-4-2)20-11-13-6-5-7-14(10-13)16(18)22;/h5-7,10,15H,3-4,8-9,11-12H2,1-2H3,(H2,18,22)(H,19,20);1H. The molecule has 1 amide bonds. The molecule has 0 bridgehead atoms. The van der Waals surface area contributed by atoms with Crippen molar-refractivity contribution in [1.29, 1.82) is 0 Å². The van der Waals surface area contributed by atoms with Crippen LogP contribution in [0.3, 0.4) is 0 Å². The number of hydrogen-bond donors (Lipinski definition) is 2. The number of nitrogens with one attached hydrogen (secondary N) is 1. The number of amides is 1. The lowest BCUT2D eigenvalue weighted by Gasteiger charge is -2.34. The first-order valence-corrected chi connectivity index (χ1v) is 9.22. The summed E-state index contributed by atoms with van der Waals surface area (Å²) >= 11 is 2.05. The molecule has 1 saturated heterocycles. The highest BCUT2D eigenvalue weighted by molar-refractivity contribution is 14.0. The van der Waals surface area contributed by atoms with Gasteiger partial charge in [0.1, 0.15) is 0 Å². The molecule has 1 fully saturated rings. The number of halogens is 1. The Morgan fingerprint density at radius 3 is 2.92 bits per heavy atom. The Hall–Kier alpha value is -0.960. The number of thioether (sulfide) groups is 1. The molecule has 1 aromatic carbocycles. The van der Waals surface area contributed by atoms with Crippen LogP contribution in [0.1, 0.15) is 36.2 Å². The molecule has 1 aliphatic heterocycles. The normalized spacial score (nSPS) is 18.0. The van der Waals surface area contributed by atoms with E-state index in [0.29, 0.717) is 17.4 Å². The van der Waals surface area contributed by atoms with E-state index >= 15 is 0 Å². The van der Waals surface area contributed by atoms with Crippen molar-refractivity contribution in [2.24, 2.45) is 10.7 Å². The predicted octanol–water partition coefficient (Wildman–Crippen LogP) is 2.70. The van der Waals surface area contributed by atoms with Crippen molar-refractivity contribution in [1.82, 2.24) is 10.2 Å². The number of hydrogen-bond acceptors (Lipinski definition) is 3. The molecule has 134 valence electrons. The van der Waals surface area contributed by atoms with Crippen molar-refractivity contribution in [2.45, 2.75) is 32.1 Å². The van der Waals surface area contributed by atoms with Crippen molar-refractivity contribution in [3.8, 4) is 0 Å². The van der Waals surface area contributed by atoms with E-state index in [9.17, 15) is 4.79 Å². The smallest absolute Gasteiger partial charge is 0.248 e. The lowest BCUT2D eigenvalue weighted by molar-refractivity contribution is 0.1000. The van der Waals surface area contributed by atoms with Crippen LogP contribution in [0, 0.1) is 0 Å². The van der Waals surface area contributed by atoms with Gasteiger partial charge >= 0.3 is 0 Å². The Morgan fingerprint density at radius 1 is 1.46 bits per heavy atom. The van der Waals surface area contributed by atoms with Crippen molar-refractivity contribution in [2.75, 3.05) is 25.4 Å². The van der Waals surface area contributed by atoms with Gasteiger partial charge in [0.2, 0.25) is 5.91 Å². The molecular formula is C17H27IN4OS. The quantitative estimate of drug-likeness (QED) is 0.401. The van der Waals surface area contributed by atoms with Crippen LogP contribution in [0.25, 0.3) is 0 Å². The lowest BCUT2D eigenvalue weighted by Crippen LogP contribution is -2.48. The molecule has 3 N–H and O–H groups in total. The maximum Gasteiger partial charge on any atom is 0.248 e. The van der Waals surface area contributed by atoms with Gasteiger partial charge in [-0.25, -0.2) is 4.99 Å². The molecule has 1 atom stereocenters. The minimum absolute atomic E-state index is 0. The number of guanidine groups is 1. The molecule has 0 aliphatic carbocycles. The van der Waals surface area contributed by atoms with E-state index in [2.05, 4.69) is 24.1 Å². The first kappa shape index (κ1) is 21.1. The third kappa shape index (κ3) is 6.16. The van der Waals surface area contributed by atoms with Crippen LogP contribution in [-0.2, 0) is 6.54 Å². The third-order valence-electron chi connectivity index (χ3n) is 3.85. The van der Waals surface area contributed by atoms with Crippen LogP contribution in [0.15, 0.2) is 29.3 Å². The Labute approximate surface area is 165 Å². The molecule has 5 nitrogen and oxygen atoms in total. The van der Waals surface area contributed by atoms with Crippen LogP contribution >= 0.6 is 35.7 Å². The zero-order chi connectivity index (χ0) is 16.7. The summed E-state index contributed by atoms with van der Waals surface area (Å²) in [4.78, 5) is 18.4. The number of primary amides is 1. The Bertz CT molecular complexity index is 567. The number of carbonyl (C=O) groups is 1. The molecular weight excluding hydrogens is 435 g/mol. The van der Waals surface area contributed by atoms with Gasteiger partial charge in [-0.05, 0) is 31.0 Å². The molecule has 1 aromatic rings. The monoisotopic (exact) mass is 462 g/mol. The average molecular weight is 462 g/mol. The van der Waals surface area contributed by atoms with E-state index in [1.165, 1.54) is 6.42 Å². The highest BCUT2D eigenvalue weighted by Crippen LogP contribution is 2.21. The molecule has 1 heterocycles. The van der Waals surface area contributed by atoms with Gasteiger partial charge in [0.05, 0.1) is 6.54 Å². The van der Waals surface area contributed by atoms with E-state index in [1.807, 2.05) is 30.0 Å². The van der Waals surface area contributed by atoms with Crippen molar-refractivity contribution < 1.29 is 4.79 Å². The van der Waals surface area contributed by atoms with Gasteiger partial charge < -0.3 is 16.0 Å². The Kier molecular flexibility index (Phi) is 9.50. The topological polar surface area (TPSA) is 70.7 Å². The van der Waals surface area contributed by atoms with E-state index in [-0.39, 0.29) is 24.0 Å². The van der Waals surface area contributed by atoms with Gasteiger partial charge in [-0.2, -0.15) is 11.8 Å². The molecule has 0 spiro atoms. The summed E-state index contributed by atoms with van der Waals surface area (Å²) in [5, 5.41) is 4.05. The molecule has 24 heavy (non-hydrogen) atoms. The Morgan fingerprint density at radius 2 is 2.25 bits per heavy atom. The highest BCUT2D eigenvalue weighted by Gasteiger charge is 2.21. The number of aliphatic imine (C=N–C) groups is 1. The lowest BCUT2D eigenvalue weighted by atomic mass is 10.1. The second kappa shape index (κ2) is 10.8. The van der Waals surface area contributed by atoms with E-state index < -0.39 is 5.91 Å². The fourth-order valence-electron chi connectivity index (χ4n) is 2.57. The molecule has 2 rings (SSSR count). The number of benzene rings is 1. The van der Waals surface area contributed by atoms with Crippen LogP contribution in [0.4, 0.5) is 0 Å². The van der Waals surface area contributed by atoms with E-state index in [0.717, 1.165) is 36.9 Å². The largest absolute Gasteiger partial charge is 0.366 e. The summed E-state index contributed by atoms with van der Waals surface area (Å²) in [6.45, 7) is 7.77. The number of nitrogens with two attached hydrogens (primary N) is 1. The highest BCUT2D eigenvalue weighted by atomic mass is 127. The summed E-state index contributed by atoms with van der Waals surface area (Å²) in [5.74, 6) is 1.69. The van der Waals surface area contributed by atoms with Gasteiger partial charge in [0, 0.05) is 36.2 Å². The zero-order valence-corrected chi connectivity index (χ0v) is 17.5. The number of carbonyl (C=O) groups excluding carboxylic acids is 1. The minimum Gasteiger partial charge on any atom is -0.366 e. The van der Waals surface area contributed by atoms with Gasteiger partial charge in [0.15, 0.2) is 5.96 Å². The van der Waals surface area contributed by atoms with Crippen LogP contribution in [0.5, 0.6) is 0 Å². The summed E-state index contributed by atoms with van der Waals surface area (Å²) < 4.78 is 0. The van der Waals surface area contributed by atoms with Crippen molar-refractivity contribution in [3.05, 3.63) is 35.4 Å². The minimum atomic E-state index is -0.401. The van der Waals surface area contributed by atoms with Gasteiger partial charge in [-0.15, -0.1) is 24.0 Å². The van der Waals surface area contributed by atoms with Crippen molar-refractivity contribution >= 4 is 47.6 Å². The summed E-state index contributed by atoms with van der Waals surface area (Å²) in [7, 11) is 0. The molecule has 0 saturated carbocycles. The first-order chi connectivity index (χ1) is 11.1. The van der Waals surface area contributed by atoms with E-state index in [1.54, 1.807) is 6.07 Å². The second-order valence-electron chi connectivity index (χ2n) is 5.58. The number of nitrogens with zero attached hydrogens (tertiary/aromatic N) is 2. The molecule has 1 unspecified atom stereocenters. The maximum atomic E-state index is 11.3. The average Bonchev–Trinajstić information content (AvgIpc) is 2.59. The maximum absolute atomic E-state index is 11.3. The number of rotatable bonds is 5. The van der Waals surface area contributed by atoms with Gasteiger partial charge in [-0.3, -0.25) is 4.79 Å². The summed E-state index contributed by atoms with van der Waals surface area (Å²) in [6, 6.07) is 7.37. The SMILES string of the molecule is CCNC(=NCc1cccc(C(N)=O)c1)N1CCSC(CC)C1.I. The van der Waals surface area contributed by atoms with Crippen LogP contribution in [0.2, 0.25) is 0 Å². The fraction of sp³-hybridized carbons (Fsp3) is 0.529. The zero-order valence-electron chi connectivity index (χ0n) is 14.3. The van der Waals surface area contributed by atoms with Gasteiger partial charge in [0.25, 0.3) is 0 Å². The second-order valence-corrected chi connectivity index (χ2v) is 6.99. The molecule has 1 aliphatic rings. The van der Waals surface area contributed by atoms with Gasteiger partial charge in [-0.1, -0.05) is 19.1 Å². The van der Waals surface area contributed by atoms with Crippen LogP contribution < -0.4 is 11.1 Å². The first-order valence-electron chi connectivity index (χ1n) is 8.17. The van der Waals surface area contributed by atoms with E-state index in [4.69, 9.17) is 10.7 Å².